The molecule has 31 heavy (non-hydrogen) atoms. The standard InChI is InChI=1S/C21H26N6O4/c1-21(2,15-3-7-19(8-4-15)30-13-17(11-28)24-26-22)16-5-9-20(10-6-16)31-14-18(12-29)25-27-23/h3-10,17-18,28-29H,11-14H2,1-2H3. The highest BCUT2D eigenvalue weighted by atomic mass is 16.5. The molecule has 0 aliphatic rings. The lowest BCUT2D eigenvalue weighted by atomic mass is 9.78. The van der Waals surface area contributed by atoms with Gasteiger partial charge in [0.15, 0.2) is 0 Å². The second-order valence-corrected chi connectivity index (χ2v) is 7.38. The van der Waals surface area contributed by atoms with Gasteiger partial charge in [0.25, 0.3) is 0 Å². The minimum atomic E-state index is -0.624. The van der Waals surface area contributed by atoms with E-state index in [4.69, 9.17) is 30.7 Å². The first kappa shape index (κ1) is 23.9. The molecule has 0 radical (unpaired) electrons. The largest absolute Gasteiger partial charge is 0.493 e. The van der Waals surface area contributed by atoms with Crippen molar-refractivity contribution in [3.05, 3.63) is 80.5 Å². The van der Waals surface area contributed by atoms with Crippen LogP contribution in [-0.4, -0.2) is 48.7 Å². The molecule has 2 aromatic rings. The van der Waals surface area contributed by atoms with Crippen molar-refractivity contribution in [3.8, 4) is 11.5 Å². The second-order valence-electron chi connectivity index (χ2n) is 7.38. The maximum Gasteiger partial charge on any atom is 0.119 e. The smallest absolute Gasteiger partial charge is 0.119 e. The molecule has 0 saturated carbocycles. The Bertz CT molecular complexity index is 844. The summed E-state index contributed by atoms with van der Waals surface area (Å²) >= 11 is 0. The summed E-state index contributed by atoms with van der Waals surface area (Å²) in [5.74, 6) is 1.24. The zero-order valence-corrected chi connectivity index (χ0v) is 17.5. The average molecular weight is 426 g/mol. The Morgan fingerprint density at radius 1 is 0.774 bits per heavy atom. The number of nitrogens with zero attached hydrogens (tertiary/aromatic N) is 6. The lowest BCUT2D eigenvalue weighted by Crippen LogP contribution is -2.20. The minimum absolute atomic E-state index is 0.0988. The molecule has 164 valence electrons. The summed E-state index contributed by atoms with van der Waals surface area (Å²) in [4.78, 5) is 5.37. The summed E-state index contributed by atoms with van der Waals surface area (Å²) in [6.07, 6.45) is 0. The molecule has 0 amide bonds. The molecule has 2 unspecified atom stereocenters. The third kappa shape index (κ3) is 6.80. The van der Waals surface area contributed by atoms with Crippen LogP contribution >= 0.6 is 0 Å². The van der Waals surface area contributed by atoms with Crippen LogP contribution in [0, 0.1) is 0 Å². The van der Waals surface area contributed by atoms with Gasteiger partial charge < -0.3 is 19.7 Å². The highest BCUT2D eigenvalue weighted by Crippen LogP contribution is 2.33. The maximum atomic E-state index is 9.15. The molecule has 0 saturated heterocycles. The van der Waals surface area contributed by atoms with E-state index < -0.39 is 12.1 Å². The number of rotatable bonds is 12. The molecule has 0 bridgehead atoms. The second kappa shape index (κ2) is 11.7. The molecular weight excluding hydrogens is 400 g/mol. The van der Waals surface area contributed by atoms with Gasteiger partial charge in [0.2, 0.25) is 0 Å². The number of hydrogen-bond acceptors (Lipinski definition) is 6. The van der Waals surface area contributed by atoms with Crippen LogP contribution in [0.3, 0.4) is 0 Å². The molecule has 0 aromatic heterocycles. The van der Waals surface area contributed by atoms with Gasteiger partial charge in [0.05, 0.1) is 38.5 Å². The summed E-state index contributed by atoms with van der Waals surface area (Å²) in [6, 6.07) is 14.0. The number of aliphatic hydroxyl groups excluding tert-OH is 2. The number of benzene rings is 2. The molecule has 2 atom stereocenters. The molecule has 0 aliphatic carbocycles. The van der Waals surface area contributed by atoms with E-state index in [0.717, 1.165) is 11.1 Å². The molecule has 2 N–H and O–H groups in total. The zero-order chi connectivity index (χ0) is 22.7. The van der Waals surface area contributed by atoms with Gasteiger partial charge in [-0.25, -0.2) is 0 Å². The van der Waals surface area contributed by atoms with E-state index >= 15 is 0 Å². The summed E-state index contributed by atoms with van der Waals surface area (Å²) in [5, 5.41) is 25.2. The van der Waals surface area contributed by atoms with Crippen molar-refractivity contribution in [2.24, 2.45) is 10.2 Å². The van der Waals surface area contributed by atoms with Crippen molar-refractivity contribution in [1.82, 2.24) is 0 Å². The van der Waals surface area contributed by atoms with Crippen LogP contribution < -0.4 is 9.47 Å². The SMILES string of the molecule is CC(C)(c1ccc(OCC(CO)N=[N+]=[N-])cc1)c1ccc(OCC(CO)N=[N+]=[N-])cc1. The third-order valence-electron chi connectivity index (χ3n) is 4.89. The van der Waals surface area contributed by atoms with Gasteiger partial charge in [0, 0.05) is 15.2 Å². The first-order chi connectivity index (χ1) is 14.9. The molecule has 2 rings (SSSR count). The average Bonchev–Trinajstić information content (AvgIpc) is 2.80. The first-order valence-electron chi connectivity index (χ1n) is 9.71. The fraction of sp³-hybridized carbons (Fsp3) is 0.429. The summed E-state index contributed by atoms with van der Waals surface area (Å²) in [5.41, 5.74) is 18.8. The van der Waals surface area contributed by atoms with E-state index in [9.17, 15) is 0 Å². The Hall–Kier alpha value is -3.42. The van der Waals surface area contributed by atoms with Gasteiger partial charge >= 0.3 is 0 Å². The van der Waals surface area contributed by atoms with Crippen LogP contribution in [0.4, 0.5) is 0 Å². The van der Waals surface area contributed by atoms with Crippen molar-refractivity contribution in [2.45, 2.75) is 31.3 Å². The van der Waals surface area contributed by atoms with Crippen LogP contribution in [0.2, 0.25) is 0 Å². The van der Waals surface area contributed by atoms with Crippen LogP contribution in [0.1, 0.15) is 25.0 Å². The highest BCUT2D eigenvalue weighted by Gasteiger charge is 2.23. The van der Waals surface area contributed by atoms with E-state index in [0.29, 0.717) is 11.5 Å². The van der Waals surface area contributed by atoms with E-state index in [2.05, 4.69) is 33.9 Å². The van der Waals surface area contributed by atoms with Crippen LogP contribution in [0.15, 0.2) is 58.8 Å². The lowest BCUT2D eigenvalue weighted by Gasteiger charge is -2.26. The van der Waals surface area contributed by atoms with Crippen molar-refractivity contribution >= 4 is 0 Å². The summed E-state index contributed by atoms with van der Waals surface area (Å²) < 4.78 is 11.2. The fourth-order valence-corrected chi connectivity index (χ4v) is 2.88. The van der Waals surface area contributed by atoms with E-state index in [1.165, 1.54) is 0 Å². The van der Waals surface area contributed by atoms with Crippen molar-refractivity contribution in [2.75, 3.05) is 26.4 Å². The number of hydrogen-bond donors (Lipinski definition) is 2. The summed E-state index contributed by atoms with van der Waals surface area (Å²) in [7, 11) is 0. The predicted octanol–water partition coefficient (Wildman–Crippen LogP) is 4.11. The fourth-order valence-electron chi connectivity index (χ4n) is 2.88. The lowest BCUT2D eigenvalue weighted by molar-refractivity contribution is 0.206. The van der Waals surface area contributed by atoms with E-state index in [1.54, 1.807) is 0 Å². The molecule has 0 spiro atoms. The topological polar surface area (TPSA) is 156 Å². The Morgan fingerprint density at radius 2 is 1.13 bits per heavy atom. The van der Waals surface area contributed by atoms with Gasteiger partial charge in [-0.2, -0.15) is 0 Å². The van der Waals surface area contributed by atoms with Gasteiger partial charge in [-0.3, -0.25) is 0 Å². The molecule has 2 aromatic carbocycles. The van der Waals surface area contributed by atoms with Gasteiger partial charge in [0.1, 0.15) is 11.5 Å². The maximum absolute atomic E-state index is 9.15. The monoisotopic (exact) mass is 426 g/mol. The Kier molecular flexibility index (Phi) is 8.99. The minimum Gasteiger partial charge on any atom is -0.493 e. The van der Waals surface area contributed by atoms with E-state index in [-0.39, 0.29) is 31.8 Å². The normalized spacial score (nSPS) is 12.8. The van der Waals surface area contributed by atoms with Crippen molar-refractivity contribution in [3.63, 3.8) is 0 Å². The van der Waals surface area contributed by atoms with Crippen molar-refractivity contribution < 1.29 is 19.7 Å². The molecule has 10 heteroatoms. The molecular formula is C21H26N6O4. The van der Waals surface area contributed by atoms with Crippen molar-refractivity contribution in [1.29, 1.82) is 0 Å². The Morgan fingerprint density at radius 3 is 1.42 bits per heavy atom. The third-order valence-corrected chi connectivity index (χ3v) is 4.89. The molecule has 0 heterocycles. The molecule has 0 fully saturated rings. The van der Waals surface area contributed by atoms with Gasteiger partial charge in [-0.1, -0.05) is 48.3 Å². The zero-order valence-electron chi connectivity index (χ0n) is 17.5. The van der Waals surface area contributed by atoms with Crippen LogP contribution in [0.25, 0.3) is 20.9 Å². The quantitative estimate of drug-likeness (QED) is 0.297. The van der Waals surface area contributed by atoms with Crippen LogP contribution in [-0.2, 0) is 5.41 Å². The molecule has 0 aliphatic heterocycles. The van der Waals surface area contributed by atoms with Crippen LogP contribution in [0.5, 0.6) is 11.5 Å². The Labute approximate surface area is 180 Å². The Balaban J connectivity index is 2.03. The predicted molar refractivity (Wildman–Crippen MR) is 116 cm³/mol. The van der Waals surface area contributed by atoms with Gasteiger partial charge in [-0.05, 0) is 46.5 Å². The summed E-state index contributed by atoms with van der Waals surface area (Å²) in [6.45, 7) is 3.85. The van der Waals surface area contributed by atoms with E-state index in [1.807, 2.05) is 48.5 Å². The number of azide groups is 2. The number of ether oxygens (including phenoxy) is 2. The highest BCUT2D eigenvalue weighted by molar-refractivity contribution is 5.41. The molecule has 10 nitrogen and oxygen atoms in total. The van der Waals surface area contributed by atoms with Gasteiger partial charge in [-0.15, -0.1) is 0 Å². The first-order valence-corrected chi connectivity index (χ1v) is 9.71. The number of aliphatic hydroxyl groups is 2.